The van der Waals surface area contributed by atoms with Gasteiger partial charge in [-0.3, -0.25) is 4.79 Å². The van der Waals surface area contributed by atoms with Gasteiger partial charge >= 0.3 is 0 Å². The molecule has 1 N–H and O–H groups in total. The SMILES string of the molecule is CCC1CC(=O)N(c2cccc(OC)c2)N1. The highest BCUT2D eigenvalue weighted by molar-refractivity contribution is 5.95. The van der Waals surface area contributed by atoms with E-state index in [1.807, 2.05) is 24.3 Å². The molecule has 2 rings (SSSR count). The molecule has 1 amide bonds. The van der Waals surface area contributed by atoms with Gasteiger partial charge in [0.15, 0.2) is 0 Å². The monoisotopic (exact) mass is 220 g/mol. The third-order valence-electron chi connectivity index (χ3n) is 2.79. The van der Waals surface area contributed by atoms with Crippen LogP contribution in [-0.4, -0.2) is 19.1 Å². The van der Waals surface area contributed by atoms with Crippen LogP contribution in [0.2, 0.25) is 0 Å². The van der Waals surface area contributed by atoms with Gasteiger partial charge in [0.05, 0.1) is 12.8 Å². The number of anilines is 1. The molecule has 1 aliphatic rings. The minimum Gasteiger partial charge on any atom is -0.497 e. The van der Waals surface area contributed by atoms with Crippen LogP contribution in [0.5, 0.6) is 5.75 Å². The number of benzene rings is 1. The van der Waals surface area contributed by atoms with Crippen molar-refractivity contribution in [3.63, 3.8) is 0 Å². The van der Waals surface area contributed by atoms with Gasteiger partial charge in [0, 0.05) is 18.5 Å². The molecule has 1 atom stereocenters. The third kappa shape index (κ3) is 2.02. The van der Waals surface area contributed by atoms with Crippen molar-refractivity contribution in [2.45, 2.75) is 25.8 Å². The number of carbonyl (C=O) groups is 1. The summed E-state index contributed by atoms with van der Waals surface area (Å²) in [5, 5.41) is 1.61. The molecular formula is C12H16N2O2. The molecule has 0 aliphatic carbocycles. The molecule has 86 valence electrons. The van der Waals surface area contributed by atoms with E-state index in [1.165, 1.54) is 0 Å². The van der Waals surface area contributed by atoms with Gasteiger partial charge in [-0.25, -0.2) is 10.4 Å². The van der Waals surface area contributed by atoms with E-state index in [0.29, 0.717) is 6.42 Å². The lowest BCUT2D eigenvalue weighted by Gasteiger charge is -2.18. The van der Waals surface area contributed by atoms with E-state index < -0.39 is 0 Å². The first-order valence-electron chi connectivity index (χ1n) is 5.47. The summed E-state index contributed by atoms with van der Waals surface area (Å²) in [5.41, 5.74) is 4.02. The summed E-state index contributed by atoms with van der Waals surface area (Å²) in [7, 11) is 1.62. The van der Waals surface area contributed by atoms with Crippen molar-refractivity contribution in [2.75, 3.05) is 12.1 Å². The van der Waals surface area contributed by atoms with Crippen LogP contribution in [0.15, 0.2) is 24.3 Å². The van der Waals surface area contributed by atoms with Gasteiger partial charge in [-0.05, 0) is 18.6 Å². The Morgan fingerprint density at radius 3 is 3.00 bits per heavy atom. The normalized spacial score (nSPS) is 20.2. The van der Waals surface area contributed by atoms with Gasteiger partial charge in [-0.1, -0.05) is 13.0 Å². The average molecular weight is 220 g/mol. The largest absolute Gasteiger partial charge is 0.497 e. The van der Waals surface area contributed by atoms with Crippen LogP contribution >= 0.6 is 0 Å². The maximum Gasteiger partial charge on any atom is 0.243 e. The molecule has 0 radical (unpaired) electrons. The highest BCUT2D eigenvalue weighted by atomic mass is 16.5. The predicted molar refractivity (Wildman–Crippen MR) is 62.3 cm³/mol. The molecule has 0 saturated carbocycles. The maximum absolute atomic E-state index is 11.8. The second-order valence-corrected chi connectivity index (χ2v) is 3.87. The van der Waals surface area contributed by atoms with Crippen molar-refractivity contribution >= 4 is 11.6 Å². The number of hydrogen-bond donors (Lipinski definition) is 1. The summed E-state index contributed by atoms with van der Waals surface area (Å²) >= 11 is 0. The highest BCUT2D eigenvalue weighted by Gasteiger charge is 2.28. The Kier molecular flexibility index (Phi) is 3.10. The first-order valence-corrected chi connectivity index (χ1v) is 5.47. The van der Waals surface area contributed by atoms with Crippen LogP contribution < -0.4 is 15.2 Å². The lowest BCUT2D eigenvalue weighted by molar-refractivity contribution is -0.117. The van der Waals surface area contributed by atoms with Gasteiger partial charge in [-0.15, -0.1) is 0 Å². The Morgan fingerprint density at radius 2 is 2.38 bits per heavy atom. The number of amides is 1. The Bertz CT molecular complexity index is 392. The van der Waals surface area contributed by atoms with E-state index in [4.69, 9.17) is 4.74 Å². The van der Waals surface area contributed by atoms with Crippen LogP contribution in [0.25, 0.3) is 0 Å². The fourth-order valence-electron chi connectivity index (χ4n) is 1.81. The second kappa shape index (κ2) is 4.53. The fraction of sp³-hybridized carbons (Fsp3) is 0.417. The minimum atomic E-state index is 0.111. The van der Waals surface area contributed by atoms with Crippen molar-refractivity contribution in [1.29, 1.82) is 0 Å². The smallest absolute Gasteiger partial charge is 0.243 e. The van der Waals surface area contributed by atoms with Crippen molar-refractivity contribution in [3.8, 4) is 5.75 Å². The number of methoxy groups -OCH3 is 1. The van der Waals surface area contributed by atoms with Crippen molar-refractivity contribution in [3.05, 3.63) is 24.3 Å². The van der Waals surface area contributed by atoms with E-state index in [1.54, 1.807) is 12.1 Å². The molecule has 1 aliphatic heterocycles. The quantitative estimate of drug-likeness (QED) is 0.843. The van der Waals surface area contributed by atoms with Crippen LogP contribution in [0.3, 0.4) is 0 Å². The van der Waals surface area contributed by atoms with Crippen LogP contribution in [0, 0.1) is 0 Å². The Labute approximate surface area is 95.2 Å². The third-order valence-corrected chi connectivity index (χ3v) is 2.79. The summed E-state index contributed by atoms with van der Waals surface area (Å²) in [4.78, 5) is 11.8. The van der Waals surface area contributed by atoms with Gasteiger partial charge in [0.25, 0.3) is 0 Å². The molecule has 1 aromatic carbocycles. The molecule has 16 heavy (non-hydrogen) atoms. The number of nitrogens with one attached hydrogen (secondary N) is 1. The number of carbonyl (C=O) groups excluding carboxylic acids is 1. The van der Waals surface area contributed by atoms with Crippen LogP contribution in [-0.2, 0) is 4.79 Å². The van der Waals surface area contributed by atoms with Gasteiger partial charge in [0.2, 0.25) is 5.91 Å². The van der Waals surface area contributed by atoms with E-state index in [9.17, 15) is 4.79 Å². The minimum absolute atomic E-state index is 0.111. The Morgan fingerprint density at radius 1 is 1.56 bits per heavy atom. The number of rotatable bonds is 3. The number of hydrazine groups is 1. The molecule has 4 nitrogen and oxygen atoms in total. The van der Waals surface area contributed by atoms with Crippen molar-refractivity contribution < 1.29 is 9.53 Å². The Hall–Kier alpha value is -1.55. The zero-order valence-electron chi connectivity index (χ0n) is 9.56. The first-order chi connectivity index (χ1) is 7.74. The maximum atomic E-state index is 11.8. The molecule has 1 aromatic rings. The predicted octanol–water partition coefficient (Wildman–Crippen LogP) is 1.72. The number of ether oxygens (including phenoxy) is 1. The molecule has 1 heterocycles. The molecule has 0 bridgehead atoms. The molecule has 4 heteroatoms. The van der Waals surface area contributed by atoms with Crippen LogP contribution in [0.1, 0.15) is 19.8 Å². The van der Waals surface area contributed by atoms with Gasteiger partial charge in [0.1, 0.15) is 5.75 Å². The van der Waals surface area contributed by atoms with Gasteiger partial charge in [-0.2, -0.15) is 0 Å². The molecule has 1 saturated heterocycles. The van der Waals surface area contributed by atoms with Gasteiger partial charge < -0.3 is 4.74 Å². The summed E-state index contributed by atoms with van der Waals surface area (Å²) < 4.78 is 5.14. The molecule has 0 aromatic heterocycles. The van der Waals surface area contributed by atoms with Crippen LogP contribution in [0.4, 0.5) is 5.69 Å². The number of nitrogens with zero attached hydrogens (tertiary/aromatic N) is 1. The highest BCUT2D eigenvalue weighted by Crippen LogP contribution is 2.23. The van der Waals surface area contributed by atoms with E-state index >= 15 is 0 Å². The lowest BCUT2D eigenvalue weighted by atomic mass is 10.2. The molecular weight excluding hydrogens is 204 g/mol. The zero-order valence-corrected chi connectivity index (χ0v) is 9.56. The summed E-state index contributed by atoms with van der Waals surface area (Å²) in [6, 6.07) is 7.73. The zero-order chi connectivity index (χ0) is 11.5. The second-order valence-electron chi connectivity index (χ2n) is 3.87. The van der Waals surface area contributed by atoms with E-state index in [0.717, 1.165) is 17.9 Å². The number of hydrogen-bond acceptors (Lipinski definition) is 3. The fourth-order valence-corrected chi connectivity index (χ4v) is 1.81. The molecule has 1 fully saturated rings. The summed E-state index contributed by atoms with van der Waals surface area (Å²) in [5.74, 6) is 0.868. The standard InChI is InChI=1S/C12H16N2O2/c1-3-9-7-12(15)14(13-9)10-5-4-6-11(8-10)16-2/h4-6,8-9,13H,3,7H2,1-2H3. The lowest BCUT2D eigenvalue weighted by Crippen LogP contribution is -2.37. The van der Waals surface area contributed by atoms with E-state index in [-0.39, 0.29) is 11.9 Å². The van der Waals surface area contributed by atoms with E-state index in [2.05, 4.69) is 12.3 Å². The molecule has 0 spiro atoms. The summed E-state index contributed by atoms with van der Waals surface area (Å²) in [6.07, 6.45) is 1.51. The summed E-state index contributed by atoms with van der Waals surface area (Å²) in [6.45, 7) is 2.07. The van der Waals surface area contributed by atoms with Crippen molar-refractivity contribution in [1.82, 2.24) is 5.43 Å². The molecule has 1 unspecified atom stereocenters. The average Bonchev–Trinajstić information content (AvgIpc) is 2.71. The first kappa shape index (κ1) is 11.0. The van der Waals surface area contributed by atoms with Crippen molar-refractivity contribution in [2.24, 2.45) is 0 Å². The Balaban J connectivity index is 2.20. The topological polar surface area (TPSA) is 41.6 Å².